The summed E-state index contributed by atoms with van der Waals surface area (Å²) in [6.07, 6.45) is -0.219. The van der Waals surface area contributed by atoms with Gasteiger partial charge in [-0.25, -0.2) is 0 Å². The number of carbonyl (C=O) groups is 1. The molecule has 17 heavy (non-hydrogen) atoms. The Morgan fingerprint density at radius 1 is 1.24 bits per heavy atom. The standard InChI is InChI=1S/C15H18O2/c1-10-13(15(10,3)4)14(17-11(2)16)12-8-6-5-7-9-12/h5-9,14H,1-4H3. The van der Waals surface area contributed by atoms with Crippen molar-refractivity contribution in [3.05, 3.63) is 47.0 Å². The van der Waals surface area contributed by atoms with E-state index in [2.05, 4.69) is 20.8 Å². The molecule has 0 spiro atoms. The zero-order valence-electron chi connectivity index (χ0n) is 10.8. The zero-order chi connectivity index (χ0) is 12.6. The van der Waals surface area contributed by atoms with E-state index in [9.17, 15) is 4.79 Å². The van der Waals surface area contributed by atoms with Gasteiger partial charge in [0.2, 0.25) is 0 Å². The van der Waals surface area contributed by atoms with Gasteiger partial charge in [-0.15, -0.1) is 0 Å². The van der Waals surface area contributed by atoms with Crippen LogP contribution in [0.2, 0.25) is 0 Å². The second-order valence-electron chi connectivity index (χ2n) is 5.06. The average Bonchev–Trinajstić information content (AvgIpc) is 2.76. The molecule has 0 bridgehead atoms. The van der Waals surface area contributed by atoms with Crippen LogP contribution < -0.4 is 0 Å². The summed E-state index contributed by atoms with van der Waals surface area (Å²) >= 11 is 0. The topological polar surface area (TPSA) is 26.3 Å². The van der Waals surface area contributed by atoms with Gasteiger partial charge in [0.05, 0.1) is 0 Å². The molecule has 1 aliphatic rings. The van der Waals surface area contributed by atoms with E-state index < -0.39 is 0 Å². The minimum atomic E-state index is -0.234. The lowest BCUT2D eigenvalue weighted by Crippen LogP contribution is -2.10. The molecule has 0 radical (unpaired) electrons. The van der Waals surface area contributed by atoms with Crippen molar-refractivity contribution in [3.63, 3.8) is 0 Å². The molecule has 0 N–H and O–H groups in total. The lowest BCUT2D eigenvalue weighted by Gasteiger charge is -2.18. The van der Waals surface area contributed by atoms with E-state index in [-0.39, 0.29) is 17.5 Å². The van der Waals surface area contributed by atoms with Crippen molar-refractivity contribution in [2.75, 3.05) is 0 Å². The number of allylic oxidation sites excluding steroid dienone is 1. The number of ether oxygens (including phenoxy) is 1. The SMILES string of the molecule is CC(=O)OC(C1=C(C)C1(C)C)c1ccccc1. The summed E-state index contributed by atoms with van der Waals surface area (Å²) in [5, 5.41) is 0. The Kier molecular flexibility index (Phi) is 2.82. The summed E-state index contributed by atoms with van der Waals surface area (Å²) in [5.41, 5.74) is 3.70. The van der Waals surface area contributed by atoms with Gasteiger partial charge in [-0.2, -0.15) is 0 Å². The van der Waals surface area contributed by atoms with Crippen LogP contribution in [0, 0.1) is 5.41 Å². The normalized spacial score (nSPS) is 18.8. The maximum Gasteiger partial charge on any atom is 0.303 e. The van der Waals surface area contributed by atoms with Crippen LogP contribution >= 0.6 is 0 Å². The minimum Gasteiger partial charge on any atom is -0.453 e. The highest BCUT2D eigenvalue weighted by atomic mass is 16.5. The number of rotatable bonds is 3. The van der Waals surface area contributed by atoms with Crippen molar-refractivity contribution < 1.29 is 9.53 Å². The first kappa shape index (κ1) is 11.9. The molecule has 0 heterocycles. The summed E-state index contributed by atoms with van der Waals surface area (Å²) < 4.78 is 5.47. The number of benzene rings is 1. The predicted octanol–water partition coefficient (Wildman–Crippen LogP) is 3.65. The average molecular weight is 230 g/mol. The van der Waals surface area contributed by atoms with Crippen LogP contribution in [0.5, 0.6) is 0 Å². The Morgan fingerprint density at radius 2 is 1.76 bits per heavy atom. The van der Waals surface area contributed by atoms with Crippen LogP contribution in [-0.2, 0) is 9.53 Å². The van der Waals surface area contributed by atoms with Crippen LogP contribution in [0.25, 0.3) is 0 Å². The van der Waals surface area contributed by atoms with Crippen LogP contribution in [0.3, 0.4) is 0 Å². The molecule has 90 valence electrons. The van der Waals surface area contributed by atoms with E-state index in [4.69, 9.17) is 4.74 Å². The summed E-state index contributed by atoms with van der Waals surface area (Å²) in [7, 11) is 0. The van der Waals surface area contributed by atoms with Crippen molar-refractivity contribution >= 4 is 5.97 Å². The Hall–Kier alpha value is -1.57. The molecular formula is C15H18O2. The van der Waals surface area contributed by atoms with E-state index in [0.29, 0.717) is 0 Å². The zero-order valence-corrected chi connectivity index (χ0v) is 10.8. The highest BCUT2D eigenvalue weighted by Gasteiger charge is 2.47. The highest BCUT2D eigenvalue weighted by Crippen LogP contribution is 2.58. The summed E-state index contributed by atoms with van der Waals surface area (Å²) in [4.78, 5) is 11.2. The van der Waals surface area contributed by atoms with Gasteiger partial charge in [-0.3, -0.25) is 4.79 Å². The fraction of sp³-hybridized carbons (Fsp3) is 0.400. The van der Waals surface area contributed by atoms with Gasteiger partial charge in [0.25, 0.3) is 0 Å². The first-order valence-corrected chi connectivity index (χ1v) is 5.88. The first-order chi connectivity index (χ1) is 7.94. The Balaban J connectivity index is 2.31. The third kappa shape index (κ3) is 2.12. The highest BCUT2D eigenvalue weighted by molar-refractivity contribution is 5.67. The fourth-order valence-electron chi connectivity index (χ4n) is 2.30. The molecule has 0 aromatic heterocycles. The van der Waals surface area contributed by atoms with Gasteiger partial charge >= 0.3 is 5.97 Å². The molecule has 0 aliphatic heterocycles. The van der Waals surface area contributed by atoms with E-state index in [0.717, 1.165) is 5.56 Å². The summed E-state index contributed by atoms with van der Waals surface area (Å²) in [6.45, 7) is 7.89. The molecule has 2 nitrogen and oxygen atoms in total. The third-order valence-corrected chi connectivity index (χ3v) is 3.60. The molecule has 2 heteroatoms. The van der Waals surface area contributed by atoms with E-state index in [1.807, 2.05) is 30.3 Å². The van der Waals surface area contributed by atoms with E-state index >= 15 is 0 Å². The second-order valence-corrected chi connectivity index (χ2v) is 5.06. The number of carbonyl (C=O) groups excluding carboxylic acids is 1. The Bertz CT molecular complexity index is 469. The van der Waals surface area contributed by atoms with Crippen molar-refractivity contribution in [2.24, 2.45) is 5.41 Å². The molecule has 1 aromatic rings. The number of hydrogen-bond acceptors (Lipinski definition) is 2. The maximum atomic E-state index is 11.2. The lowest BCUT2D eigenvalue weighted by atomic mass is 9.97. The molecule has 0 saturated heterocycles. The monoisotopic (exact) mass is 230 g/mol. The quantitative estimate of drug-likeness (QED) is 0.585. The predicted molar refractivity (Wildman–Crippen MR) is 67.4 cm³/mol. The van der Waals surface area contributed by atoms with Gasteiger partial charge in [0, 0.05) is 12.3 Å². The summed E-state index contributed by atoms with van der Waals surface area (Å²) in [6, 6.07) is 9.91. The van der Waals surface area contributed by atoms with E-state index in [1.165, 1.54) is 18.1 Å². The molecule has 1 aromatic carbocycles. The van der Waals surface area contributed by atoms with Gasteiger partial charge in [0.1, 0.15) is 6.10 Å². The van der Waals surface area contributed by atoms with Crippen molar-refractivity contribution in [3.8, 4) is 0 Å². The van der Waals surface area contributed by atoms with Gasteiger partial charge in [-0.1, -0.05) is 49.8 Å². The minimum absolute atomic E-state index is 0.0932. The van der Waals surface area contributed by atoms with Crippen molar-refractivity contribution in [1.82, 2.24) is 0 Å². The van der Waals surface area contributed by atoms with Crippen molar-refractivity contribution in [1.29, 1.82) is 0 Å². The Morgan fingerprint density at radius 3 is 2.18 bits per heavy atom. The van der Waals surface area contributed by atoms with Crippen molar-refractivity contribution in [2.45, 2.75) is 33.8 Å². The van der Waals surface area contributed by atoms with Crippen LogP contribution in [0.15, 0.2) is 41.5 Å². The van der Waals surface area contributed by atoms with Gasteiger partial charge in [-0.05, 0) is 18.1 Å². The molecule has 1 aliphatic carbocycles. The molecule has 0 amide bonds. The van der Waals surface area contributed by atoms with Gasteiger partial charge in [0.15, 0.2) is 0 Å². The summed E-state index contributed by atoms with van der Waals surface area (Å²) in [5.74, 6) is -0.234. The number of esters is 1. The van der Waals surface area contributed by atoms with Crippen LogP contribution in [0.4, 0.5) is 0 Å². The third-order valence-electron chi connectivity index (χ3n) is 3.60. The maximum absolute atomic E-state index is 11.2. The number of hydrogen-bond donors (Lipinski definition) is 0. The smallest absolute Gasteiger partial charge is 0.303 e. The molecule has 0 fully saturated rings. The molecular weight excluding hydrogens is 212 g/mol. The molecule has 1 unspecified atom stereocenters. The van der Waals surface area contributed by atoms with Crippen LogP contribution in [-0.4, -0.2) is 5.97 Å². The fourth-order valence-corrected chi connectivity index (χ4v) is 2.30. The molecule has 0 saturated carbocycles. The van der Waals surface area contributed by atoms with Crippen LogP contribution in [0.1, 0.15) is 39.4 Å². The second kappa shape index (κ2) is 4.02. The Labute approximate surface area is 102 Å². The van der Waals surface area contributed by atoms with Gasteiger partial charge < -0.3 is 4.74 Å². The molecule has 1 atom stereocenters. The molecule has 2 rings (SSSR count). The van der Waals surface area contributed by atoms with E-state index in [1.54, 1.807) is 0 Å². The largest absolute Gasteiger partial charge is 0.453 e. The first-order valence-electron chi connectivity index (χ1n) is 5.88. The lowest BCUT2D eigenvalue weighted by molar-refractivity contribution is -0.144.